The van der Waals surface area contributed by atoms with Gasteiger partial charge in [-0.3, -0.25) is 0 Å². The van der Waals surface area contributed by atoms with Crippen LogP contribution in [0.1, 0.15) is 27.2 Å². The zero-order valence-electron chi connectivity index (χ0n) is 7.15. The van der Waals surface area contributed by atoms with Gasteiger partial charge >= 0.3 is 0 Å². The van der Waals surface area contributed by atoms with Crippen LogP contribution in [0.25, 0.3) is 0 Å². The van der Waals surface area contributed by atoms with Gasteiger partial charge in [-0.05, 0) is 18.8 Å². The number of nitrogens with two attached hydrogens (primary N) is 1. The zero-order chi connectivity index (χ0) is 7.78. The van der Waals surface area contributed by atoms with Gasteiger partial charge in [0.2, 0.25) is 0 Å². The predicted octanol–water partition coefficient (Wildman–Crippen LogP) is 0.722. The van der Waals surface area contributed by atoms with Gasteiger partial charge in [-0.15, -0.1) is 0 Å². The predicted molar refractivity (Wildman–Crippen MR) is 43.8 cm³/mol. The highest BCUT2D eigenvalue weighted by Crippen LogP contribution is 2.44. The molecule has 0 heterocycles. The summed E-state index contributed by atoms with van der Waals surface area (Å²) in [5.74, 6) is 0. The van der Waals surface area contributed by atoms with Crippen LogP contribution >= 0.6 is 0 Å². The molecule has 0 bridgehead atoms. The van der Waals surface area contributed by atoms with E-state index in [2.05, 4.69) is 19.2 Å². The van der Waals surface area contributed by atoms with Crippen LogP contribution in [0.3, 0.4) is 0 Å². The second-order valence-electron chi connectivity index (χ2n) is 4.13. The average molecular weight is 142 g/mol. The maximum absolute atomic E-state index is 5.59. The Kier molecular flexibility index (Phi) is 2.02. The lowest BCUT2D eigenvalue weighted by molar-refractivity contribution is 0.521. The lowest BCUT2D eigenvalue weighted by atomic mass is 10.2. The van der Waals surface area contributed by atoms with Crippen LogP contribution in [0.2, 0.25) is 0 Å². The summed E-state index contributed by atoms with van der Waals surface area (Å²) in [5, 5.41) is 3.42. The van der Waals surface area contributed by atoms with E-state index < -0.39 is 0 Å². The van der Waals surface area contributed by atoms with Crippen molar-refractivity contribution in [3.8, 4) is 0 Å². The van der Waals surface area contributed by atoms with Gasteiger partial charge in [-0.25, -0.2) is 0 Å². The van der Waals surface area contributed by atoms with Gasteiger partial charge in [0, 0.05) is 18.6 Å². The summed E-state index contributed by atoms with van der Waals surface area (Å²) < 4.78 is 0. The minimum absolute atomic E-state index is 0.288. The molecule has 0 saturated heterocycles. The first-order chi connectivity index (χ1) is 4.52. The molecule has 0 aromatic rings. The molecule has 0 radical (unpaired) electrons. The van der Waals surface area contributed by atoms with Crippen molar-refractivity contribution in [2.45, 2.75) is 39.3 Å². The van der Waals surface area contributed by atoms with Crippen LogP contribution in [0.4, 0.5) is 0 Å². The number of rotatable bonds is 3. The first-order valence-electron chi connectivity index (χ1n) is 4.01. The highest BCUT2D eigenvalue weighted by atomic mass is 15.0. The normalized spacial score (nSPS) is 31.8. The molecule has 3 N–H and O–H groups in total. The molecule has 0 aromatic heterocycles. The van der Waals surface area contributed by atoms with Gasteiger partial charge in [0.25, 0.3) is 0 Å². The third-order valence-corrected chi connectivity index (χ3v) is 2.20. The van der Waals surface area contributed by atoms with Crippen molar-refractivity contribution >= 4 is 0 Å². The molecule has 0 aromatic carbocycles. The molecule has 10 heavy (non-hydrogen) atoms. The van der Waals surface area contributed by atoms with Gasteiger partial charge < -0.3 is 11.1 Å². The molecule has 0 spiro atoms. The molecule has 1 aliphatic carbocycles. The van der Waals surface area contributed by atoms with Crippen molar-refractivity contribution in [2.75, 3.05) is 6.54 Å². The number of nitrogens with one attached hydrogen (secondary N) is 1. The Morgan fingerprint density at radius 3 is 2.50 bits per heavy atom. The fraction of sp³-hybridized carbons (Fsp3) is 1.00. The minimum Gasteiger partial charge on any atom is -0.327 e. The molecule has 2 atom stereocenters. The highest BCUT2D eigenvalue weighted by molar-refractivity contribution is 5.01. The third-order valence-electron chi connectivity index (χ3n) is 2.20. The van der Waals surface area contributed by atoms with Crippen molar-refractivity contribution in [1.82, 2.24) is 5.32 Å². The van der Waals surface area contributed by atoms with Crippen molar-refractivity contribution in [2.24, 2.45) is 11.1 Å². The average Bonchev–Trinajstić information content (AvgIpc) is 2.35. The molecule has 60 valence electrons. The zero-order valence-corrected chi connectivity index (χ0v) is 7.15. The molecule has 1 fully saturated rings. The van der Waals surface area contributed by atoms with E-state index in [0.717, 1.165) is 12.6 Å². The Bertz CT molecular complexity index is 118. The van der Waals surface area contributed by atoms with E-state index >= 15 is 0 Å². The Morgan fingerprint density at radius 1 is 1.70 bits per heavy atom. The Balaban J connectivity index is 2.07. The fourth-order valence-corrected chi connectivity index (χ4v) is 1.14. The molecule has 0 amide bonds. The lowest BCUT2D eigenvalue weighted by Gasteiger charge is -2.08. The van der Waals surface area contributed by atoms with E-state index in [1.54, 1.807) is 0 Å². The van der Waals surface area contributed by atoms with Gasteiger partial charge in [0.15, 0.2) is 0 Å². The summed E-state index contributed by atoms with van der Waals surface area (Å²) in [5.41, 5.74) is 6.13. The monoisotopic (exact) mass is 142 g/mol. The Hall–Kier alpha value is -0.0800. The van der Waals surface area contributed by atoms with Crippen LogP contribution < -0.4 is 11.1 Å². The molecule has 1 rings (SSSR count). The van der Waals surface area contributed by atoms with Crippen molar-refractivity contribution in [3.63, 3.8) is 0 Å². The van der Waals surface area contributed by atoms with Crippen molar-refractivity contribution < 1.29 is 0 Å². The summed E-state index contributed by atoms with van der Waals surface area (Å²) in [6.07, 6.45) is 1.31. The quantitative estimate of drug-likeness (QED) is 0.609. The van der Waals surface area contributed by atoms with Gasteiger partial charge in [-0.2, -0.15) is 0 Å². The molecule has 1 saturated carbocycles. The van der Waals surface area contributed by atoms with E-state index in [9.17, 15) is 0 Å². The molecular formula is C8H18N2. The SMILES string of the molecule is C[C@H](N)CNC1CC1(C)C. The second-order valence-corrected chi connectivity index (χ2v) is 4.13. The minimum atomic E-state index is 0.288. The van der Waals surface area contributed by atoms with Crippen LogP contribution in [0, 0.1) is 5.41 Å². The first kappa shape index (κ1) is 8.02. The topological polar surface area (TPSA) is 38.0 Å². The lowest BCUT2D eigenvalue weighted by Crippen LogP contribution is -2.33. The van der Waals surface area contributed by atoms with Crippen molar-refractivity contribution in [1.29, 1.82) is 0 Å². The first-order valence-corrected chi connectivity index (χ1v) is 4.01. The van der Waals surface area contributed by atoms with Crippen LogP contribution in [0.5, 0.6) is 0 Å². The van der Waals surface area contributed by atoms with Gasteiger partial charge in [0.05, 0.1) is 0 Å². The van der Waals surface area contributed by atoms with Gasteiger partial charge in [-0.1, -0.05) is 13.8 Å². The molecule has 0 aliphatic heterocycles. The van der Waals surface area contributed by atoms with E-state index in [1.807, 2.05) is 6.92 Å². The fourth-order valence-electron chi connectivity index (χ4n) is 1.14. The van der Waals surface area contributed by atoms with E-state index in [4.69, 9.17) is 5.73 Å². The summed E-state index contributed by atoms with van der Waals surface area (Å²) >= 11 is 0. The molecule has 1 aliphatic rings. The summed E-state index contributed by atoms with van der Waals surface area (Å²) in [6, 6.07) is 1.01. The summed E-state index contributed by atoms with van der Waals surface area (Å²) in [7, 11) is 0. The molecular weight excluding hydrogens is 124 g/mol. The number of hydrogen-bond donors (Lipinski definition) is 2. The Labute approximate surface area is 63.2 Å². The summed E-state index contributed by atoms with van der Waals surface area (Å²) in [4.78, 5) is 0. The van der Waals surface area contributed by atoms with E-state index in [0.29, 0.717) is 5.41 Å². The maximum atomic E-state index is 5.59. The highest BCUT2D eigenvalue weighted by Gasteiger charge is 2.44. The largest absolute Gasteiger partial charge is 0.327 e. The standard InChI is InChI=1S/C8H18N2/c1-6(9)5-10-7-4-8(7,2)3/h6-7,10H,4-5,9H2,1-3H3/t6-,7?/m0/s1. The van der Waals surface area contributed by atoms with Crippen LogP contribution in [-0.4, -0.2) is 18.6 Å². The van der Waals surface area contributed by atoms with E-state index in [-0.39, 0.29) is 6.04 Å². The third kappa shape index (κ3) is 1.96. The van der Waals surface area contributed by atoms with Crippen LogP contribution in [0.15, 0.2) is 0 Å². The smallest absolute Gasteiger partial charge is 0.0136 e. The van der Waals surface area contributed by atoms with Gasteiger partial charge in [0.1, 0.15) is 0 Å². The maximum Gasteiger partial charge on any atom is 0.0136 e. The van der Waals surface area contributed by atoms with E-state index in [1.165, 1.54) is 6.42 Å². The van der Waals surface area contributed by atoms with Crippen molar-refractivity contribution in [3.05, 3.63) is 0 Å². The molecule has 2 nitrogen and oxygen atoms in total. The molecule has 1 unspecified atom stereocenters. The Morgan fingerprint density at radius 2 is 2.20 bits per heavy atom. The summed E-state index contributed by atoms with van der Waals surface area (Å²) in [6.45, 7) is 7.55. The second kappa shape index (κ2) is 2.51. The van der Waals surface area contributed by atoms with Crippen LogP contribution in [-0.2, 0) is 0 Å². The molecule has 2 heteroatoms. The number of hydrogen-bond acceptors (Lipinski definition) is 2.